The number of aromatic nitrogens is 1. The molecule has 1 aliphatic heterocycles. The molecule has 3 nitrogen and oxygen atoms in total. The molecule has 0 bridgehead atoms. The van der Waals surface area contributed by atoms with Crippen LogP contribution in [0.3, 0.4) is 0 Å². The number of benzene rings is 1. The zero-order chi connectivity index (χ0) is 15.8. The highest BCUT2D eigenvalue weighted by Gasteiger charge is 2.79. The number of nitrogens with one attached hydrogen (secondary N) is 1. The summed E-state index contributed by atoms with van der Waals surface area (Å²) in [5.74, 6) is 0.657. The molecule has 3 fully saturated rings. The number of hydrogen-bond acceptors (Lipinski definition) is 2. The molecule has 2 saturated carbocycles. The summed E-state index contributed by atoms with van der Waals surface area (Å²) in [7, 11) is 0. The zero-order valence-corrected chi connectivity index (χ0v) is 13.6. The maximum atomic E-state index is 13.5. The van der Waals surface area contributed by atoms with Gasteiger partial charge in [0.05, 0.1) is 0 Å². The van der Waals surface area contributed by atoms with Crippen LogP contribution in [0.25, 0.3) is 10.9 Å². The molecule has 122 valence electrons. The first-order valence-electron chi connectivity index (χ1n) is 8.89. The molecule has 2 aliphatic carbocycles. The molecule has 5 rings (SSSR count). The lowest BCUT2D eigenvalue weighted by Crippen LogP contribution is -2.46. The smallest absolute Gasteiger partial charge is 0.123 e. The Hall–Kier alpha value is -1.39. The van der Waals surface area contributed by atoms with Crippen LogP contribution in [0.5, 0.6) is 0 Å². The SMILES string of the molecule is CCC1(N)CC2CCC23C1N3CCc1c[nH]c2ccc(F)cc12. The average molecular weight is 313 g/mol. The lowest BCUT2D eigenvalue weighted by Gasteiger charge is -2.37. The molecule has 1 aromatic carbocycles. The third-order valence-electron chi connectivity index (χ3n) is 7.03. The monoisotopic (exact) mass is 313 g/mol. The van der Waals surface area contributed by atoms with E-state index in [4.69, 9.17) is 5.73 Å². The van der Waals surface area contributed by atoms with Gasteiger partial charge < -0.3 is 10.7 Å². The number of piperidine rings is 1. The van der Waals surface area contributed by atoms with Crippen molar-refractivity contribution in [3.8, 4) is 0 Å². The number of aromatic amines is 1. The molecule has 3 N–H and O–H groups in total. The van der Waals surface area contributed by atoms with Gasteiger partial charge in [0.15, 0.2) is 0 Å². The summed E-state index contributed by atoms with van der Waals surface area (Å²) in [6.45, 7) is 3.28. The topological polar surface area (TPSA) is 44.8 Å². The molecule has 4 heteroatoms. The summed E-state index contributed by atoms with van der Waals surface area (Å²) < 4.78 is 13.5. The van der Waals surface area contributed by atoms with Crippen LogP contribution in [-0.4, -0.2) is 33.5 Å². The van der Waals surface area contributed by atoms with Crippen molar-refractivity contribution in [2.24, 2.45) is 11.7 Å². The third kappa shape index (κ3) is 1.66. The molecular weight excluding hydrogens is 289 g/mol. The first-order chi connectivity index (χ1) is 11.1. The zero-order valence-electron chi connectivity index (χ0n) is 13.6. The van der Waals surface area contributed by atoms with Gasteiger partial charge in [-0.25, -0.2) is 4.39 Å². The van der Waals surface area contributed by atoms with E-state index < -0.39 is 0 Å². The number of likely N-dealkylation sites (tertiary alicyclic amines) is 1. The van der Waals surface area contributed by atoms with Crippen molar-refractivity contribution in [3.05, 3.63) is 35.8 Å². The van der Waals surface area contributed by atoms with Gasteiger partial charge in [-0.3, -0.25) is 4.90 Å². The van der Waals surface area contributed by atoms with Crippen LogP contribution in [0, 0.1) is 11.7 Å². The number of hydrogen-bond donors (Lipinski definition) is 2. The first-order valence-corrected chi connectivity index (χ1v) is 8.89. The lowest BCUT2D eigenvalue weighted by molar-refractivity contribution is 0.139. The van der Waals surface area contributed by atoms with Gasteiger partial charge in [0.25, 0.3) is 0 Å². The van der Waals surface area contributed by atoms with E-state index in [1.54, 1.807) is 6.07 Å². The fourth-order valence-corrected chi connectivity index (χ4v) is 5.72. The Bertz CT molecular complexity index is 784. The van der Waals surface area contributed by atoms with Gasteiger partial charge in [0.1, 0.15) is 5.82 Å². The van der Waals surface area contributed by atoms with E-state index >= 15 is 0 Å². The Labute approximate surface area is 136 Å². The minimum atomic E-state index is -0.161. The summed E-state index contributed by atoms with van der Waals surface area (Å²) >= 11 is 0. The molecule has 0 amide bonds. The van der Waals surface area contributed by atoms with E-state index in [9.17, 15) is 4.39 Å². The van der Waals surface area contributed by atoms with Crippen molar-refractivity contribution in [1.29, 1.82) is 0 Å². The molecular formula is C19H24FN3. The van der Waals surface area contributed by atoms with Gasteiger partial charge in [0, 0.05) is 40.8 Å². The fraction of sp³-hybridized carbons (Fsp3) is 0.579. The predicted molar refractivity (Wildman–Crippen MR) is 89.7 cm³/mol. The van der Waals surface area contributed by atoms with E-state index in [-0.39, 0.29) is 11.4 Å². The molecule has 23 heavy (non-hydrogen) atoms. The van der Waals surface area contributed by atoms with E-state index in [1.165, 1.54) is 30.9 Å². The van der Waals surface area contributed by atoms with E-state index in [0.717, 1.165) is 36.2 Å². The molecule has 1 spiro atoms. The Morgan fingerprint density at radius 2 is 2.30 bits per heavy atom. The standard InChI is InChI=1S/C19H24FN3/c1-2-18(21)10-13-5-7-19(13)17(18)23(19)8-6-12-11-22-16-4-3-14(20)9-15(12)16/h3-4,9,11,13,17,22H,2,5-8,10,21H2,1H3. The Morgan fingerprint density at radius 3 is 3.04 bits per heavy atom. The second kappa shape index (κ2) is 4.37. The largest absolute Gasteiger partial charge is 0.361 e. The highest BCUT2D eigenvalue weighted by atomic mass is 19.1. The summed E-state index contributed by atoms with van der Waals surface area (Å²) in [6, 6.07) is 5.57. The highest BCUT2D eigenvalue weighted by molar-refractivity contribution is 5.83. The molecule has 1 aromatic heterocycles. The van der Waals surface area contributed by atoms with Crippen molar-refractivity contribution < 1.29 is 4.39 Å². The molecule has 2 aromatic rings. The van der Waals surface area contributed by atoms with Crippen molar-refractivity contribution in [3.63, 3.8) is 0 Å². The third-order valence-corrected chi connectivity index (χ3v) is 7.03. The summed E-state index contributed by atoms with van der Waals surface area (Å²) in [4.78, 5) is 5.92. The fourth-order valence-electron chi connectivity index (χ4n) is 5.72. The molecule has 3 aliphatic rings. The molecule has 0 radical (unpaired) electrons. The minimum Gasteiger partial charge on any atom is -0.361 e. The van der Waals surface area contributed by atoms with Crippen LogP contribution in [-0.2, 0) is 6.42 Å². The highest BCUT2D eigenvalue weighted by Crippen LogP contribution is 2.69. The normalized spacial score (nSPS) is 40.7. The van der Waals surface area contributed by atoms with E-state index in [1.807, 2.05) is 12.3 Å². The van der Waals surface area contributed by atoms with E-state index in [2.05, 4.69) is 16.8 Å². The Balaban J connectivity index is 1.37. The molecule has 5 atom stereocenters. The second-order valence-corrected chi connectivity index (χ2v) is 7.87. The molecule has 5 unspecified atom stereocenters. The van der Waals surface area contributed by atoms with Crippen molar-refractivity contribution >= 4 is 10.9 Å². The van der Waals surface area contributed by atoms with Crippen LogP contribution in [0.4, 0.5) is 4.39 Å². The van der Waals surface area contributed by atoms with Crippen LogP contribution in [0.1, 0.15) is 38.2 Å². The predicted octanol–water partition coefficient (Wildman–Crippen LogP) is 3.19. The molecule has 1 saturated heterocycles. The number of nitrogens with zero attached hydrogens (tertiary/aromatic N) is 1. The van der Waals surface area contributed by atoms with Gasteiger partial charge >= 0.3 is 0 Å². The summed E-state index contributed by atoms with van der Waals surface area (Å²) in [6.07, 6.45) is 7.96. The van der Waals surface area contributed by atoms with Crippen LogP contribution in [0.15, 0.2) is 24.4 Å². The lowest BCUT2D eigenvalue weighted by atomic mass is 9.74. The van der Waals surface area contributed by atoms with Gasteiger partial charge in [0.2, 0.25) is 0 Å². The van der Waals surface area contributed by atoms with Crippen LogP contribution >= 0.6 is 0 Å². The number of halogens is 1. The Kier molecular flexibility index (Phi) is 2.66. The van der Waals surface area contributed by atoms with Gasteiger partial charge in [-0.2, -0.15) is 0 Å². The average Bonchev–Trinajstić information content (AvgIpc) is 3.05. The van der Waals surface area contributed by atoms with Gasteiger partial charge in [-0.15, -0.1) is 0 Å². The number of rotatable bonds is 4. The number of H-pyrrole nitrogens is 1. The molecule has 2 heterocycles. The summed E-state index contributed by atoms with van der Waals surface area (Å²) in [5.41, 5.74) is 9.41. The van der Waals surface area contributed by atoms with Crippen LogP contribution < -0.4 is 5.73 Å². The summed E-state index contributed by atoms with van der Waals surface area (Å²) in [5, 5.41) is 1.02. The second-order valence-electron chi connectivity index (χ2n) is 7.87. The Morgan fingerprint density at radius 1 is 1.43 bits per heavy atom. The maximum absolute atomic E-state index is 13.5. The van der Waals surface area contributed by atoms with Gasteiger partial charge in [-0.05, 0) is 61.8 Å². The van der Waals surface area contributed by atoms with Gasteiger partial charge in [-0.1, -0.05) is 6.92 Å². The van der Waals surface area contributed by atoms with Crippen molar-refractivity contribution in [2.45, 2.75) is 56.1 Å². The number of nitrogens with two attached hydrogens (primary N) is 1. The van der Waals surface area contributed by atoms with Crippen molar-refractivity contribution in [1.82, 2.24) is 9.88 Å². The first kappa shape index (κ1) is 14.0. The van der Waals surface area contributed by atoms with Crippen molar-refractivity contribution in [2.75, 3.05) is 6.54 Å². The van der Waals surface area contributed by atoms with Crippen LogP contribution in [0.2, 0.25) is 0 Å². The maximum Gasteiger partial charge on any atom is 0.123 e. The van der Waals surface area contributed by atoms with E-state index in [0.29, 0.717) is 11.6 Å². The minimum absolute atomic E-state index is 0.0213. The quantitative estimate of drug-likeness (QED) is 0.852. The number of fused-ring (bicyclic) bond motifs is 1.